The summed E-state index contributed by atoms with van der Waals surface area (Å²) in [6.07, 6.45) is 6.80. The van der Waals surface area contributed by atoms with Crippen molar-refractivity contribution in [1.29, 1.82) is 0 Å². The number of hydrogen-bond acceptors (Lipinski definition) is 3. The van der Waals surface area contributed by atoms with Crippen LogP contribution in [0.5, 0.6) is 0 Å². The first-order chi connectivity index (χ1) is 5.83. The number of aromatic nitrogens is 2. The highest BCUT2D eigenvalue weighted by Gasteiger charge is 1.99. The average molecular weight is 164 g/mol. The number of anilines is 1. The second kappa shape index (κ2) is 4.70. The van der Waals surface area contributed by atoms with Crippen LogP contribution in [0.3, 0.4) is 0 Å². The zero-order chi connectivity index (χ0) is 8.81. The largest absolute Gasteiger partial charge is 0.381 e. The van der Waals surface area contributed by atoms with Gasteiger partial charge in [-0.25, -0.2) is 0 Å². The molecule has 3 heteroatoms. The van der Waals surface area contributed by atoms with Gasteiger partial charge in [-0.05, 0) is 19.4 Å². The summed E-state index contributed by atoms with van der Waals surface area (Å²) in [5.41, 5.74) is 0.922. The zero-order valence-electron chi connectivity index (χ0n) is 7.54. The van der Waals surface area contributed by atoms with Crippen molar-refractivity contribution in [3.63, 3.8) is 0 Å². The van der Waals surface area contributed by atoms with E-state index in [2.05, 4.69) is 35.6 Å². The van der Waals surface area contributed by atoms with Crippen molar-refractivity contribution >= 4 is 5.69 Å². The molecule has 1 unspecified atom stereocenters. The number of nitrogens with one attached hydrogen (secondary N) is 1. The van der Waals surface area contributed by atoms with Crippen molar-refractivity contribution in [3.8, 4) is 0 Å². The van der Waals surface area contributed by atoms with Gasteiger partial charge in [0.25, 0.3) is 0 Å². The van der Waals surface area contributed by atoms with E-state index in [0.29, 0.717) is 6.04 Å². The lowest BCUT2D eigenvalue weighted by Gasteiger charge is -2.12. The first-order valence-corrected chi connectivity index (χ1v) is 4.29. The van der Waals surface area contributed by atoms with Gasteiger partial charge in [0.05, 0.1) is 11.9 Å². The molecule has 0 bridgehead atoms. The van der Waals surface area contributed by atoms with Crippen molar-refractivity contribution in [1.82, 2.24) is 10.2 Å². The Labute approximate surface area is 73.2 Å². The number of hydrogen-bond donors (Lipinski definition) is 1. The fourth-order valence-electron chi connectivity index (χ4n) is 1.11. The molecule has 0 amide bonds. The molecular weight excluding hydrogens is 150 g/mol. The van der Waals surface area contributed by atoms with Gasteiger partial charge in [0, 0.05) is 6.04 Å². The molecule has 1 heterocycles. The van der Waals surface area contributed by atoms with Crippen LogP contribution in [-0.4, -0.2) is 16.2 Å². The van der Waals surface area contributed by atoms with E-state index in [-0.39, 0.29) is 0 Å². The Bertz CT molecular complexity index is 210. The minimum Gasteiger partial charge on any atom is -0.381 e. The van der Waals surface area contributed by atoms with Crippen LogP contribution >= 0.6 is 0 Å². The molecule has 1 radical (unpaired) electrons. The summed E-state index contributed by atoms with van der Waals surface area (Å²) >= 11 is 0. The molecule has 1 rings (SSSR count). The maximum absolute atomic E-state index is 3.66. The fourth-order valence-corrected chi connectivity index (χ4v) is 1.11. The summed E-state index contributed by atoms with van der Waals surface area (Å²) < 4.78 is 0. The van der Waals surface area contributed by atoms with Crippen LogP contribution in [0, 0.1) is 6.20 Å². The molecule has 0 fully saturated rings. The quantitative estimate of drug-likeness (QED) is 0.738. The standard InChI is InChI=1S/C9H14N3/c1-3-4-8(2)12-9-5-6-10-11-7-9/h5-6,8H,3-4H2,1-2H3,(H,10,12). The molecule has 0 aliphatic carbocycles. The lowest BCUT2D eigenvalue weighted by molar-refractivity contribution is 0.689. The Balaban J connectivity index is 2.41. The first kappa shape index (κ1) is 8.97. The van der Waals surface area contributed by atoms with E-state index in [1.807, 2.05) is 6.07 Å². The van der Waals surface area contributed by atoms with E-state index in [9.17, 15) is 0 Å². The highest BCUT2D eigenvalue weighted by atomic mass is 15.1. The molecule has 1 aromatic heterocycles. The third-order valence-corrected chi connectivity index (χ3v) is 1.66. The summed E-state index contributed by atoms with van der Waals surface area (Å²) in [5, 5.41) is 10.6. The van der Waals surface area contributed by atoms with E-state index in [1.54, 1.807) is 6.20 Å². The molecular formula is C9H14N3. The molecule has 3 nitrogen and oxygen atoms in total. The van der Waals surface area contributed by atoms with Gasteiger partial charge in [0.15, 0.2) is 0 Å². The Morgan fingerprint density at radius 2 is 2.50 bits per heavy atom. The maximum atomic E-state index is 3.66. The van der Waals surface area contributed by atoms with Crippen molar-refractivity contribution in [2.24, 2.45) is 0 Å². The van der Waals surface area contributed by atoms with Crippen LogP contribution in [-0.2, 0) is 0 Å². The minimum absolute atomic E-state index is 0.482. The monoisotopic (exact) mass is 164 g/mol. The van der Waals surface area contributed by atoms with Gasteiger partial charge in [0.1, 0.15) is 6.20 Å². The van der Waals surface area contributed by atoms with Gasteiger partial charge in [-0.3, -0.25) is 0 Å². The summed E-state index contributed by atoms with van der Waals surface area (Å²) in [7, 11) is 0. The average Bonchev–Trinajstić information content (AvgIpc) is 2.06. The van der Waals surface area contributed by atoms with Crippen LogP contribution < -0.4 is 5.32 Å². The van der Waals surface area contributed by atoms with Crippen molar-refractivity contribution < 1.29 is 0 Å². The Kier molecular flexibility index (Phi) is 3.51. The molecule has 0 aliphatic heterocycles. The van der Waals surface area contributed by atoms with Crippen molar-refractivity contribution in [3.05, 3.63) is 18.5 Å². The third kappa shape index (κ3) is 2.86. The normalized spacial score (nSPS) is 12.5. The molecule has 1 N–H and O–H groups in total. The fraction of sp³-hybridized carbons (Fsp3) is 0.556. The van der Waals surface area contributed by atoms with Gasteiger partial charge in [-0.1, -0.05) is 13.3 Å². The zero-order valence-corrected chi connectivity index (χ0v) is 7.54. The second-order valence-electron chi connectivity index (χ2n) is 2.89. The van der Waals surface area contributed by atoms with Crippen LogP contribution in [0.1, 0.15) is 26.7 Å². The predicted octanol–water partition coefficient (Wildman–Crippen LogP) is 1.88. The number of rotatable bonds is 4. The third-order valence-electron chi connectivity index (χ3n) is 1.66. The number of nitrogens with zero attached hydrogens (tertiary/aromatic N) is 2. The van der Waals surface area contributed by atoms with E-state index in [1.165, 1.54) is 6.42 Å². The molecule has 12 heavy (non-hydrogen) atoms. The van der Waals surface area contributed by atoms with Crippen LogP contribution in [0.15, 0.2) is 12.3 Å². The summed E-state index contributed by atoms with van der Waals surface area (Å²) in [6, 6.07) is 2.36. The summed E-state index contributed by atoms with van der Waals surface area (Å²) in [6.45, 7) is 4.32. The highest BCUT2D eigenvalue weighted by molar-refractivity contribution is 5.38. The summed E-state index contributed by atoms with van der Waals surface area (Å²) in [4.78, 5) is 0. The Morgan fingerprint density at radius 1 is 1.67 bits per heavy atom. The Morgan fingerprint density at radius 3 is 3.08 bits per heavy atom. The smallest absolute Gasteiger partial charge is 0.138 e. The van der Waals surface area contributed by atoms with Gasteiger partial charge in [0.2, 0.25) is 0 Å². The van der Waals surface area contributed by atoms with Gasteiger partial charge in [-0.15, -0.1) is 5.10 Å². The van der Waals surface area contributed by atoms with Gasteiger partial charge in [-0.2, -0.15) is 5.10 Å². The van der Waals surface area contributed by atoms with E-state index in [4.69, 9.17) is 0 Å². The van der Waals surface area contributed by atoms with E-state index >= 15 is 0 Å². The van der Waals surface area contributed by atoms with E-state index < -0.39 is 0 Å². The molecule has 0 saturated carbocycles. The van der Waals surface area contributed by atoms with Crippen molar-refractivity contribution in [2.75, 3.05) is 5.32 Å². The highest BCUT2D eigenvalue weighted by Crippen LogP contribution is 2.06. The van der Waals surface area contributed by atoms with Gasteiger partial charge < -0.3 is 5.32 Å². The second-order valence-corrected chi connectivity index (χ2v) is 2.89. The lowest BCUT2D eigenvalue weighted by Crippen LogP contribution is -2.14. The maximum Gasteiger partial charge on any atom is 0.138 e. The molecule has 0 aliphatic rings. The topological polar surface area (TPSA) is 37.8 Å². The molecule has 1 aromatic rings. The summed E-state index contributed by atoms with van der Waals surface area (Å²) in [5.74, 6) is 0. The molecule has 0 saturated heterocycles. The first-order valence-electron chi connectivity index (χ1n) is 4.29. The molecule has 0 aromatic carbocycles. The van der Waals surface area contributed by atoms with E-state index in [0.717, 1.165) is 12.1 Å². The Hall–Kier alpha value is -1.12. The van der Waals surface area contributed by atoms with Crippen molar-refractivity contribution in [2.45, 2.75) is 32.7 Å². The van der Waals surface area contributed by atoms with Crippen LogP contribution in [0.2, 0.25) is 0 Å². The molecule has 0 spiro atoms. The van der Waals surface area contributed by atoms with Crippen LogP contribution in [0.25, 0.3) is 0 Å². The van der Waals surface area contributed by atoms with Crippen LogP contribution in [0.4, 0.5) is 5.69 Å². The molecule has 65 valence electrons. The molecule has 1 atom stereocenters. The predicted molar refractivity (Wildman–Crippen MR) is 48.9 cm³/mol. The SMILES string of the molecule is CCCC(C)Nc1[c]nncc1. The lowest BCUT2D eigenvalue weighted by atomic mass is 10.2. The van der Waals surface area contributed by atoms with Gasteiger partial charge >= 0.3 is 0 Å². The minimum atomic E-state index is 0.482.